The number of aliphatic hydroxyl groups is 3. The van der Waals surface area contributed by atoms with Crippen LogP contribution in [0, 0.1) is 0 Å². The lowest BCUT2D eigenvalue weighted by Crippen LogP contribution is -2.77. The first-order valence-corrected chi connectivity index (χ1v) is 11.1. The van der Waals surface area contributed by atoms with Gasteiger partial charge in [-0.2, -0.15) is 13.2 Å². The van der Waals surface area contributed by atoms with E-state index in [2.05, 4.69) is 15.3 Å². The van der Waals surface area contributed by atoms with Crippen molar-refractivity contribution in [2.45, 2.75) is 41.9 Å². The normalized spacial score (nSPS) is 30.1. The standard InChI is InChI=1S/C23H23F3N6O5/c24-23(25,26)13-8-6-12(7-9-13)18(34)37-17-15(11-4-2-1-3-5-11)32-20(28)29-14(10-33)16-21(32,22(17,35)36)31-19(27)30-16/h1-9,14-17,33,35-36H,10H2,(H2,28,29)(H3,27,30,31)/t14?,15?,16?,17-,21?/m0/s1. The van der Waals surface area contributed by atoms with Crippen LogP contribution in [0.1, 0.15) is 27.5 Å². The van der Waals surface area contributed by atoms with Crippen LogP contribution in [0.15, 0.2) is 64.6 Å². The fourth-order valence-corrected chi connectivity index (χ4v) is 5.26. The lowest BCUT2D eigenvalue weighted by molar-refractivity contribution is -0.258. The highest BCUT2D eigenvalue weighted by Gasteiger charge is 2.77. The Hall–Kier alpha value is -3.88. The van der Waals surface area contributed by atoms with Gasteiger partial charge in [-0.05, 0) is 29.8 Å². The van der Waals surface area contributed by atoms with Crippen molar-refractivity contribution in [1.82, 2.24) is 10.2 Å². The number of halogens is 3. The first-order chi connectivity index (χ1) is 17.4. The van der Waals surface area contributed by atoms with Gasteiger partial charge in [0.2, 0.25) is 5.79 Å². The van der Waals surface area contributed by atoms with Gasteiger partial charge in [-0.1, -0.05) is 30.3 Å². The van der Waals surface area contributed by atoms with Crippen molar-refractivity contribution in [1.29, 1.82) is 0 Å². The van der Waals surface area contributed by atoms with E-state index < -0.39 is 60.0 Å². The molecule has 2 aromatic carbocycles. The summed E-state index contributed by atoms with van der Waals surface area (Å²) in [6, 6.07) is 8.31. The smallest absolute Gasteiger partial charge is 0.416 e. The molecule has 3 heterocycles. The van der Waals surface area contributed by atoms with Crippen LogP contribution in [0.5, 0.6) is 0 Å². The Morgan fingerprint density at radius 2 is 1.73 bits per heavy atom. The van der Waals surface area contributed by atoms with E-state index in [9.17, 15) is 33.3 Å². The predicted molar refractivity (Wildman–Crippen MR) is 123 cm³/mol. The van der Waals surface area contributed by atoms with Gasteiger partial charge >= 0.3 is 12.1 Å². The van der Waals surface area contributed by atoms with E-state index in [4.69, 9.17) is 16.2 Å². The van der Waals surface area contributed by atoms with Gasteiger partial charge in [0.05, 0.1) is 17.7 Å². The number of esters is 1. The van der Waals surface area contributed by atoms with Crippen LogP contribution in [0.4, 0.5) is 13.2 Å². The van der Waals surface area contributed by atoms with E-state index in [-0.39, 0.29) is 17.5 Å². The second kappa shape index (κ2) is 8.33. The highest BCUT2D eigenvalue weighted by atomic mass is 19.4. The molecule has 0 radical (unpaired) electrons. The second-order valence-electron chi connectivity index (χ2n) is 8.94. The van der Waals surface area contributed by atoms with Crippen LogP contribution in [0.2, 0.25) is 0 Å². The van der Waals surface area contributed by atoms with Crippen molar-refractivity contribution in [2.75, 3.05) is 6.61 Å². The van der Waals surface area contributed by atoms with Crippen molar-refractivity contribution in [3.63, 3.8) is 0 Å². The van der Waals surface area contributed by atoms with E-state index in [1.165, 1.54) is 4.90 Å². The third-order valence-electron chi connectivity index (χ3n) is 6.85. The number of carbonyl (C=O) groups excluding carboxylic acids is 1. The van der Waals surface area contributed by atoms with E-state index in [1.807, 2.05) is 0 Å². The summed E-state index contributed by atoms with van der Waals surface area (Å²) in [7, 11) is 0. The van der Waals surface area contributed by atoms with Gasteiger partial charge in [0.25, 0.3) is 0 Å². The summed E-state index contributed by atoms with van der Waals surface area (Å²) in [5, 5.41) is 35.9. The molecule has 0 aliphatic carbocycles. The Kier molecular flexibility index (Phi) is 5.58. The van der Waals surface area contributed by atoms with E-state index in [0.717, 1.165) is 12.1 Å². The van der Waals surface area contributed by atoms with E-state index in [1.54, 1.807) is 30.3 Å². The summed E-state index contributed by atoms with van der Waals surface area (Å²) in [5.41, 5.74) is 9.41. The summed E-state index contributed by atoms with van der Waals surface area (Å²) >= 11 is 0. The number of nitrogens with one attached hydrogen (secondary N) is 1. The highest BCUT2D eigenvalue weighted by Crippen LogP contribution is 2.53. The van der Waals surface area contributed by atoms with Gasteiger partial charge in [0, 0.05) is 0 Å². The van der Waals surface area contributed by atoms with Crippen molar-refractivity contribution in [2.24, 2.45) is 21.5 Å². The predicted octanol–water partition coefficient (Wildman–Crippen LogP) is -0.359. The molecular weight excluding hydrogens is 497 g/mol. The molecule has 1 fully saturated rings. The molecule has 5 rings (SSSR count). The summed E-state index contributed by atoms with van der Waals surface area (Å²) in [6.45, 7) is -0.554. The highest BCUT2D eigenvalue weighted by molar-refractivity contribution is 5.91. The largest absolute Gasteiger partial charge is 0.450 e. The van der Waals surface area contributed by atoms with Crippen LogP contribution in [-0.2, 0) is 10.9 Å². The molecule has 3 aliphatic rings. The minimum atomic E-state index is -4.61. The molecule has 1 saturated heterocycles. The first-order valence-electron chi connectivity index (χ1n) is 11.1. The molecule has 11 nitrogen and oxygen atoms in total. The Morgan fingerprint density at radius 1 is 1.08 bits per heavy atom. The van der Waals surface area contributed by atoms with Crippen molar-refractivity contribution in [3.8, 4) is 0 Å². The molecule has 14 heteroatoms. The Balaban J connectivity index is 1.60. The number of ether oxygens (including phenoxy) is 1. The number of aliphatic hydroxyl groups excluding tert-OH is 1. The fraction of sp³-hybridized carbons (Fsp3) is 0.348. The number of benzene rings is 2. The molecular formula is C23H23F3N6O5. The molecule has 8 N–H and O–H groups in total. The molecule has 0 bridgehead atoms. The lowest BCUT2D eigenvalue weighted by atomic mass is 9.85. The van der Waals surface area contributed by atoms with Gasteiger partial charge in [-0.3, -0.25) is 0 Å². The van der Waals surface area contributed by atoms with Gasteiger partial charge in [0.15, 0.2) is 23.7 Å². The molecule has 0 saturated carbocycles. The molecule has 0 amide bonds. The second-order valence-corrected chi connectivity index (χ2v) is 8.94. The Morgan fingerprint density at radius 3 is 2.32 bits per heavy atom. The monoisotopic (exact) mass is 520 g/mol. The minimum absolute atomic E-state index is 0.188. The van der Waals surface area contributed by atoms with Crippen LogP contribution in [-0.4, -0.2) is 74.4 Å². The fourth-order valence-electron chi connectivity index (χ4n) is 5.26. The third kappa shape index (κ3) is 3.59. The van der Waals surface area contributed by atoms with Gasteiger partial charge < -0.3 is 41.7 Å². The number of rotatable bonds is 4. The number of guanidine groups is 2. The zero-order chi connectivity index (χ0) is 26.8. The molecule has 0 aromatic heterocycles. The number of alkyl halides is 3. The molecule has 4 unspecified atom stereocenters. The summed E-state index contributed by atoms with van der Waals surface area (Å²) in [5.74, 6) is -4.44. The van der Waals surface area contributed by atoms with Crippen LogP contribution < -0.4 is 16.8 Å². The lowest BCUT2D eigenvalue weighted by Gasteiger charge is -2.49. The summed E-state index contributed by atoms with van der Waals surface area (Å²) in [6.07, 6.45) is -6.37. The molecule has 196 valence electrons. The van der Waals surface area contributed by atoms with Crippen LogP contribution >= 0.6 is 0 Å². The first kappa shape index (κ1) is 24.8. The quantitative estimate of drug-likeness (QED) is 0.232. The molecule has 3 aliphatic heterocycles. The third-order valence-corrected chi connectivity index (χ3v) is 6.85. The van der Waals surface area contributed by atoms with Gasteiger partial charge in [0.1, 0.15) is 18.1 Å². The number of nitrogens with zero attached hydrogens (tertiary/aromatic N) is 3. The zero-order valence-electron chi connectivity index (χ0n) is 19.0. The summed E-state index contributed by atoms with van der Waals surface area (Å²) in [4.78, 5) is 22.8. The number of hydrogen-bond donors (Lipinski definition) is 6. The maximum Gasteiger partial charge on any atom is 0.416 e. The Labute approximate surface area is 207 Å². The van der Waals surface area contributed by atoms with Crippen molar-refractivity contribution in [3.05, 3.63) is 71.3 Å². The zero-order valence-corrected chi connectivity index (χ0v) is 19.0. The van der Waals surface area contributed by atoms with Crippen LogP contribution in [0.25, 0.3) is 0 Å². The SMILES string of the molecule is NC1=NC2C(CO)N=C(N)N3C(c4ccccc4)[C@H](OC(=O)c4ccc(C(F)(F)F)cc4)C(O)(O)C23N1. The average Bonchev–Trinajstić information content (AvgIpc) is 3.31. The maximum atomic E-state index is 13.1. The van der Waals surface area contributed by atoms with Crippen LogP contribution in [0.3, 0.4) is 0 Å². The topological polar surface area (TPSA) is 179 Å². The Bertz CT molecular complexity index is 1270. The average molecular weight is 520 g/mol. The number of aliphatic imine (C=N–C) groups is 2. The van der Waals surface area contributed by atoms with E-state index in [0.29, 0.717) is 17.7 Å². The number of carbonyl (C=O) groups is 1. The van der Waals surface area contributed by atoms with Crippen molar-refractivity contribution >= 4 is 17.9 Å². The molecule has 37 heavy (non-hydrogen) atoms. The molecule has 1 spiro atoms. The minimum Gasteiger partial charge on any atom is -0.450 e. The van der Waals surface area contributed by atoms with Gasteiger partial charge in [-0.25, -0.2) is 14.8 Å². The molecule has 2 aromatic rings. The number of hydrogen-bond acceptors (Lipinski definition) is 11. The summed E-state index contributed by atoms with van der Waals surface area (Å²) < 4.78 is 44.5. The molecule has 5 atom stereocenters. The maximum absolute atomic E-state index is 13.1. The van der Waals surface area contributed by atoms with Crippen molar-refractivity contribution < 1.29 is 38.0 Å². The van der Waals surface area contributed by atoms with Gasteiger partial charge in [-0.15, -0.1) is 0 Å². The van der Waals surface area contributed by atoms with E-state index >= 15 is 0 Å². The number of nitrogens with two attached hydrogens (primary N) is 2.